The van der Waals surface area contributed by atoms with Crippen LogP contribution in [-0.4, -0.2) is 12.6 Å². The van der Waals surface area contributed by atoms with E-state index in [1.165, 1.54) is 17.7 Å². The maximum Gasteiger partial charge on any atom is 0.126 e. The molecule has 0 unspecified atom stereocenters. The number of hydrogen-bond donors (Lipinski definition) is 1. The van der Waals surface area contributed by atoms with Gasteiger partial charge >= 0.3 is 0 Å². The lowest BCUT2D eigenvalue weighted by Gasteiger charge is -2.33. The number of allylic oxidation sites excluding steroid dienone is 1. The summed E-state index contributed by atoms with van der Waals surface area (Å²) in [5.74, 6) is 1.68. The zero-order valence-corrected chi connectivity index (χ0v) is 24.0. The molecule has 1 N–H and O–H groups in total. The molecule has 0 bridgehead atoms. The number of hydrogen-bond acceptors (Lipinski definition) is 4. The molecule has 4 nitrogen and oxygen atoms in total. The summed E-state index contributed by atoms with van der Waals surface area (Å²) in [6, 6.07) is 23.0. The molecule has 1 aliphatic rings. The van der Waals surface area contributed by atoms with Gasteiger partial charge in [0.05, 0.1) is 12.6 Å². The molecule has 5 heteroatoms. The van der Waals surface area contributed by atoms with Crippen molar-refractivity contribution in [2.75, 3.05) is 12.4 Å². The quantitative estimate of drug-likeness (QED) is 0.244. The number of nitrogens with one attached hydrogen (secondary N) is 1. The van der Waals surface area contributed by atoms with Gasteiger partial charge in [-0.25, -0.2) is 4.39 Å². The van der Waals surface area contributed by atoms with Crippen LogP contribution < -0.4 is 19.5 Å². The number of fused-ring (bicyclic) bond motifs is 1. The van der Waals surface area contributed by atoms with Crippen molar-refractivity contribution in [2.24, 2.45) is 0 Å². The van der Waals surface area contributed by atoms with E-state index in [0.717, 1.165) is 56.1 Å². The highest BCUT2D eigenvalue weighted by Gasteiger charge is 2.27. The number of aryl methyl sites for hydroxylation is 2. The van der Waals surface area contributed by atoms with Crippen molar-refractivity contribution in [2.45, 2.75) is 53.4 Å². The van der Waals surface area contributed by atoms with E-state index >= 15 is 0 Å². The van der Waals surface area contributed by atoms with Crippen LogP contribution in [0.4, 0.5) is 10.1 Å². The molecule has 4 aromatic carbocycles. The van der Waals surface area contributed by atoms with Gasteiger partial charge in [-0.3, -0.25) is 0 Å². The van der Waals surface area contributed by atoms with Crippen molar-refractivity contribution in [3.63, 3.8) is 0 Å². The fourth-order valence-corrected chi connectivity index (χ4v) is 5.32. The Morgan fingerprint density at radius 3 is 2.30 bits per heavy atom. The Morgan fingerprint density at radius 1 is 0.775 bits per heavy atom. The summed E-state index contributed by atoms with van der Waals surface area (Å²) in [5.41, 5.74) is 9.15. The highest BCUT2D eigenvalue weighted by atomic mass is 19.1. The summed E-state index contributed by atoms with van der Waals surface area (Å²) in [7, 11) is 1.67. The van der Waals surface area contributed by atoms with Gasteiger partial charge in [-0.05, 0) is 87.2 Å². The molecule has 0 spiro atoms. The fraction of sp³-hybridized carbons (Fsp3) is 0.257. The topological polar surface area (TPSA) is 39.7 Å². The van der Waals surface area contributed by atoms with Crippen LogP contribution >= 0.6 is 0 Å². The third-order valence-corrected chi connectivity index (χ3v) is 7.25. The lowest BCUT2D eigenvalue weighted by Crippen LogP contribution is -2.32. The second kappa shape index (κ2) is 11.1. The van der Waals surface area contributed by atoms with Crippen molar-refractivity contribution in [1.29, 1.82) is 0 Å². The van der Waals surface area contributed by atoms with Gasteiger partial charge in [0.1, 0.15) is 36.3 Å². The summed E-state index contributed by atoms with van der Waals surface area (Å²) in [4.78, 5) is 0. The first-order valence-corrected chi connectivity index (χ1v) is 13.5. The molecule has 5 rings (SSSR count). The van der Waals surface area contributed by atoms with Crippen LogP contribution in [0.3, 0.4) is 0 Å². The second-order valence-electron chi connectivity index (χ2n) is 11.0. The van der Waals surface area contributed by atoms with E-state index in [4.69, 9.17) is 14.2 Å². The van der Waals surface area contributed by atoms with Crippen LogP contribution in [0.5, 0.6) is 17.2 Å². The van der Waals surface area contributed by atoms with Gasteiger partial charge in [0.15, 0.2) is 0 Å². The Kier molecular flexibility index (Phi) is 7.57. The minimum absolute atomic E-state index is 0.183. The van der Waals surface area contributed by atoms with E-state index in [-0.39, 0.29) is 18.0 Å². The lowest BCUT2D eigenvalue weighted by molar-refractivity contribution is 0.302. The molecule has 0 fully saturated rings. The molecular weight excluding hydrogens is 501 g/mol. The molecule has 1 heterocycles. The van der Waals surface area contributed by atoms with Crippen molar-refractivity contribution in [1.82, 2.24) is 0 Å². The third-order valence-electron chi connectivity index (χ3n) is 7.25. The standard InChI is InChI=1S/C35H36FNO3/c1-22-7-10-25(11-8-22)20-39-27-13-16-32(38-6)29(18-27)28-14-15-31-34(24(3)19-35(4,5)37-31)30(28)21-40-33-17-26(36)12-9-23(33)2/h7-19,37H,20-21H2,1-6H3. The molecule has 0 amide bonds. The molecule has 0 aliphatic carbocycles. The number of ether oxygens (including phenoxy) is 3. The number of anilines is 1. The fourth-order valence-electron chi connectivity index (χ4n) is 5.32. The molecule has 4 aromatic rings. The van der Waals surface area contributed by atoms with Gasteiger partial charge in [0.25, 0.3) is 0 Å². The highest BCUT2D eigenvalue weighted by Crippen LogP contribution is 2.43. The van der Waals surface area contributed by atoms with E-state index in [1.54, 1.807) is 13.2 Å². The Hall–Kier alpha value is -4.25. The first-order chi connectivity index (χ1) is 19.1. The Labute approximate surface area is 236 Å². The Bertz CT molecular complexity index is 1570. The third kappa shape index (κ3) is 5.84. The van der Waals surface area contributed by atoms with Crippen LogP contribution in [-0.2, 0) is 13.2 Å². The number of benzene rings is 4. The summed E-state index contributed by atoms with van der Waals surface area (Å²) in [6.45, 7) is 11.1. The van der Waals surface area contributed by atoms with E-state index in [0.29, 0.717) is 12.4 Å². The van der Waals surface area contributed by atoms with Crippen molar-refractivity contribution in [3.05, 3.63) is 113 Å². The predicted octanol–water partition coefficient (Wildman–Crippen LogP) is 8.88. The minimum Gasteiger partial charge on any atom is -0.496 e. The molecule has 0 atom stereocenters. The predicted molar refractivity (Wildman–Crippen MR) is 161 cm³/mol. The van der Waals surface area contributed by atoms with Crippen LogP contribution in [0.25, 0.3) is 16.7 Å². The second-order valence-corrected chi connectivity index (χ2v) is 11.0. The molecule has 0 aromatic heterocycles. The van der Waals surface area contributed by atoms with Crippen LogP contribution in [0.2, 0.25) is 0 Å². The maximum atomic E-state index is 14.1. The van der Waals surface area contributed by atoms with Crippen LogP contribution in [0.15, 0.2) is 78.9 Å². The van der Waals surface area contributed by atoms with E-state index in [2.05, 4.69) is 75.5 Å². The molecule has 0 radical (unpaired) electrons. The smallest absolute Gasteiger partial charge is 0.126 e. The summed E-state index contributed by atoms with van der Waals surface area (Å²) >= 11 is 0. The van der Waals surface area contributed by atoms with E-state index in [1.807, 2.05) is 25.1 Å². The van der Waals surface area contributed by atoms with Gasteiger partial charge in [-0.1, -0.05) is 48.0 Å². The molecule has 206 valence electrons. The largest absolute Gasteiger partial charge is 0.496 e. The monoisotopic (exact) mass is 537 g/mol. The van der Waals surface area contributed by atoms with Gasteiger partial charge in [0.2, 0.25) is 0 Å². The molecule has 40 heavy (non-hydrogen) atoms. The number of rotatable bonds is 8. The SMILES string of the molecule is COc1ccc(OCc2ccc(C)cc2)cc1-c1ccc2c(c1COc1cc(F)ccc1C)C(C)=CC(C)(C)N2. The molecular formula is C35H36FNO3. The number of methoxy groups -OCH3 is 1. The summed E-state index contributed by atoms with van der Waals surface area (Å²) in [5, 5.41) is 3.64. The Balaban J connectivity index is 1.57. The zero-order valence-electron chi connectivity index (χ0n) is 24.0. The average Bonchev–Trinajstić information content (AvgIpc) is 2.92. The zero-order chi connectivity index (χ0) is 28.4. The van der Waals surface area contributed by atoms with Gasteiger partial charge in [-0.2, -0.15) is 0 Å². The summed E-state index contributed by atoms with van der Waals surface area (Å²) < 4.78 is 32.4. The highest BCUT2D eigenvalue weighted by molar-refractivity contribution is 5.88. The molecule has 0 saturated heterocycles. The normalized spacial score (nSPS) is 13.6. The van der Waals surface area contributed by atoms with Gasteiger partial charge < -0.3 is 19.5 Å². The van der Waals surface area contributed by atoms with Crippen molar-refractivity contribution in [3.8, 4) is 28.4 Å². The minimum atomic E-state index is -0.324. The Morgan fingerprint density at radius 2 is 1.55 bits per heavy atom. The van der Waals surface area contributed by atoms with E-state index < -0.39 is 0 Å². The maximum absolute atomic E-state index is 14.1. The molecule has 0 saturated carbocycles. The van der Waals surface area contributed by atoms with Gasteiger partial charge in [-0.15, -0.1) is 0 Å². The lowest BCUT2D eigenvalue weighted by atomic mass is 9.85. The van der Waals surface area contributed by atoms with Crippen molar-refractivity contribution < 1.29 is 18.6 Å². The van der Waals surface area contributed by atoms with Crippen LogP contribution in [0, 0.1) is 19.7 Å². The average molecular weight is 538 g/mol. The number of halogens is 1. The first-order valence-electron chi connectivity index (χ1n) is 13.5. The van der Waals surface area contributed by atoms with E-state index in [9.17, 15) is 4.39 Å². The van der Waals surface area contributed by atoms with Crippen molar-refractivity contribution >= 4 is 11.3 Å². The van der Waals surface area contributed by atoms with Crippen LogP contribution in [0.1, 0.15) is 48.6 Å². The molecule has 1 aliphatic heterocycles. The summed E-state index contributed by atoms with van der Waals surface area (Å²) in [6.07, 6.45) is 2.23. The van der Waals surface area contributed by atoms with Gasteiger partial charge in [0, 0.05) is 28.4 Å². The first kappa shape index (κ1) is 27.3.